The topological polar surface area (TPSA) is 106 Å². The lowest BCUT2D eigenvalue weighted by atomic mass is 10.2. The summed E-state index contributed by atoms with van der Waals surface area (Å²) in [4.78, 5) is 21.7. The lowest BCUT2D eigenvalue weighted by Crippen LogP contribution is -2.16. The van der Waals surface area contributed by atoms with Gasteiger partial charge in [-0.2, -0.15) is 0 Å². The molecule has 1 aromatic carbocycles. The monoisotopic (exact) mass is 286 g/mol. The van der Waals surface area contributed by atoms with Gasteiger partial charge in [0.1, 0.15) is 9.84 Å². The average Bonchev–Trinajstić information content (AvgIpc) is 2.28. The molecule has 0 aliphatic carbocycles. The summed E-state index contributed by atoms with van der Waals surface area (Å²) in [5.41, 5.74) is 0.663. The van der Waals surface area contributed by atoms with Crippen LogP contribution in [0.5, 0.6) is 0 Å². The van der Waals surface area contributed by atoms with Gasteiger partial charge in [0.25, 0.3) is 5.69 Å². The molecule has 8 heteroatoms. The maximum absolute atomic E-state index is 11.5. The van der Waals surface area contributed by atoms with Crippen molar-refractivity contribution in [2.24, 2.45) is 0 Å². The molecule has 0 aromatic heterocycles. The van der Waals surface area contributed by atoms with Crippen molar-refractivity contribution >= 4 is 27.1 Å². The molecule has 0 saturated carbocycles. The van der Waals surface area contributed by atoms with Gasteiger partial charge in [-0.1, -0.05) is 6.07 Å². The highest BCUT2D eigenvalue weighted by Crippen LogP contribution is 2.22. The first-order chi connectivity index (χ1) is 8.69. The van der Waals surface area contributed by atoms with Crippen LogP contribution in [0.3, 0.4) is 0 Å². The van der Waals surface area contributed by atoms with Crippen LogP contribution in [0, 0.1) is 17.0 Å². The van der Waals surface area contributed by atoms with Crippen LogP contribution in [0.1, 0.15) is 12.0 Å². The largest absolute Gasteiger partial charge is 0.326 e. The summed E-state index contributed by atoms with van der Waals surface area (Å²) < 4.78 is 21.8. The summed E-state index contributed by atoms with van der Waals surface area (Å²) >= 11 is 0. The molecule has 0 aliphatic heterocycles. The second kappa shape index (κ2) is 5.79. The number of carbonyl (C=O) groups excluding carboxylic acids is 1. The van der Waals surface area contributed by atoms with Gasteiger partial charge in [0.2, 0.25) is 5.91 Å². The summed E-state index contributed by atoms with van der Waals surface area (Å²) in [5, 5.41) is 13.2. The molecule has 0 aliphatic rings. The molecule has 1 rings (SSSR count). The zero-order valence-electron chi connectivity index (χ0n) is 10.5. The standard InChI is InChI=1S/C11H14N2O5S/c1-8-3-4-9(7-10(8)13(15)16)12-11(14)5-6-19(2,17)18/h3-4,7H,5-6H2,1-2H3,(H,12,14). The minimum atomic E-state index is -3.21. The van der Waals surface area contributed by atoms with Crippen molar-refractivity contribution in [1.29, 1.82) is 0 Å². The number of hydrogen-bond donors (Lipinski definition) is 1. The van der Waals surface area contributed by atoms with E-state index in [2.05, 4.69) is 5.32 Å². The Kier molecular flexibility index (Phi) is 4.60. The first-order valence-electron chi connectivity index (χ1n) is 5.41. The van der Waals surface area contributed by atoms with E-state index in [0.29, 0.717) is 5.56 Å². The molecule has 0 saturated heterocycles. The lowest BCUT2D eigenvalue weighted by molar-refractivity contribution is -0.385. The molecular formula is C11H14N2O5S. The number of anilines is 1. The van der Waals surface area contributed by atoms with Gasteiger partial charge in [0, 0.05) is 30.0 Å². The molecule has 0 spiro atoms. The summed E-state index contributed by atoms with van der Waals surface area (Å²) in [5.74, 6) is -0.754. The molecule has 0 unspecified atom stereocenters. The highest BCUT2D eigenvalue weighted by molar-refractivity contribution is 7.90. The highest BCUT2D eigenvalue weighted by atomic mass is 32.2. The van der Waals surface area contributed by atoms with Crippen molar-refractivity contribution in [2.45, 2.75) is 13.3 Å². The van der Waals surface area contributed by atoms with Gasteiger partial charge in [-0.25, -0.2) is 8.42 Å². The average molecular weight is 286 g/mol. The van der Waals surface area contributed by atoms with Crippen LogP contribution in [0.4, 0.5) is 11.4 Å². The fourth-order valence-corrected chi connectivity index (χ4v) is 1.94. The number of benzene rings is 1. The summed E-state index contributed by atoms with van der Waals surface area (Å²) in [7, 11) is -3.21. The van der Waals surface area contributed by atoms with E-state index in [4.69, 9.17) is 0 Å². The van der Waals surface area contributed by atoms with Crippen LogP contribution in [0.2, 0.25) is 0 Å². The summed E-state index contributed by atoms with van der Waals surface area (Å²) in [6, 6.07) is 4.29. The van der Waals surface area contributed by atoms with Crippen molar-refractivity contribution in [3.05, 3.63) is 33.9 Å². The molecule has 7 nitrogen and oxygen atoms in total. The van der Waals surface area contributed by atoms with Crippen LogP contribution in [0.25, 0.3) is 0 Å². The molecule has 0 bridgehead atoms. The Labute approximate surface area is 110 Å². The number of amides is 1. The van der Waals surface area contributed by atoms with Crippen LogP contribution in [0.15, 0.2) is 18.2 Å². The van der Waals surface area contributed by atoms with Gasteiger partial charge in [0.05, 0.1) is 10.7 Å². The predicted molar refractivity (Wildman–Crippen MR) is 70.8 cm³/mol. The number of aryl methyl sites for hydroxylation is 1. The number of nitrogens with zero attached hydrogens (tertiary/aromatic N) is 1. The van der Waals surface area contributed by atoms with Crippen LogP contribution < -0.4 is 5.32 Å². The van der Waals surface area contributed by atoms with Crippen LogP contribution >= 0.6 is 0 Å². The fourth-order valence-electron chi connectivity index (χ4n) is 1.39. The maximum Gasteiger partial charge on any atom is 0.274 e. The predicted octanol–water partition coefficient (Wildman–Crippen LogP) is 1.28. The van der Waals surface area contributed by atoms with E-state index >= 15 is 0 Å². The first-order valence-corrected chi connectivity index (χ1v) is 7.48. The number of nitro groups is 1. The highest BCUT2D eigenvalue weighted by Gasteiger charge is 2.13. The Morgan fingerprint density at radius 1 is 1.42 bits per heavy atom. The van der Waals surface area contributed by atoms with E-state index in [1.54, 1.807) is 6.92 Å². The Balaban J connectivity index is 2.75. The van der Waals surface area contributed by atoms with Gasteiger partial charge in [-0.05, 0) is 13.0 Å². The SMILES string of the molecule is Cc1ccc(NC(=O)CCS(C)(=O)=O)cc1[N+](=O)[O-]. The minimum Gasteiger partial charge on any atom is -0.326 e. The zero-order chi connectivity index (χ0) is 14.6. The second-order valence-corrected chi connectivity index (χ2v) is 6.45. The number of rotatable bonds is 5. The maximum atomic E-state index is 11.5. The molecule has 19 heavy (non-hydrogen) atoms. The van der Waals surface area contributed by atoms with E-state index in [1.807, 2.05) is 0 Å². The molecule has 1 aromatic rings. The number of nitro benzene ring substituents is 1. The van der Waals surface area contributed by atoms with Crippen molar-refractivity contribution < 1.29 is 18.1 Å². The van der Waals surface area contributed by atoms with E-state index in [-0.39, 0.29) is 23.5 Å². The third-order valence-electron chi connectivity index (χ3n) is 2.39. The number of sulfone groups is 1. The van der Waals surface area contributed by atoms with Crippen LogP contribution in [-0.4, -0.2) is 31.3 Å². The van der Waals surface area contributed by atoms with E-state index in [1.165, 1.54) is 18.2 Å². The molecule has 0 fully saturated rings. The van der Waals surface area contributed by atoms with Crippen molar-refractivity contribution in [1.82, 2.24) is 0 Å². The molecular weight excluding hydrogens is 272 g/mol. The number of hydrogen-bond acceptors (Lipinski definition) is 5. The summed E-state index contributed by atoms with van der Waals surface area (Å²) in [6.07, 6.45) is 0.859. The van der Waals surface area contributed by atoms with Gasteiger partial charge >= 0.3 is 0 Å². The Morgan fingerprint density at radius 3 is 2.58 bits per heavy atom. The Morgan fingerprint density at radius 2 is 2.05 bits per heavy atom. The van der Waals surface area contributed by atoms with Crippen LogP contribution in [-0.2, 0) is 14.6 Å². The molecule has 1 amide bonds. The smallest absolute Gasteiger partial charge is 0.274 e. The van der Waals surface area contributed by atoms with Gasteiger partial charge in [-0.3, -0.25) is 14.9 Å². The molecule has 104 valence electrons. The Hall–Kier alpha value is -1.96. The van der Waals surface area contributed by atoms with Crippen molar-refractivity contribution in [2.75, 3.05) is 17.3 Å². The minimum absolute atomic E-state index is 0.0964. The van der Waals surface area contributed by atoms with Gasteiger partial charge in [0.15, 0.2) is 0 Å². The molecule has 1 N–H and O–H groups in total. The third-order valence-corrected chi connectivity index (χ3v) is 3.34. The second-order valence-electron chi connectivity index (χ2n) is 4.19. The Bertz CT molecular complexity index is 610. The van der Waals surface area contributed by atoms with Gasteiger partial charge < -0.3 is 5.32 Å². The van der Waals surface area contributed by atoms with Gasteiger partial charge in [-0.15, -0.1) is 0 Å². The lowest BCUT2D eigenvalue weighted by Gasteiger charge is -2.05. The third kappa shape index (κ3) is 5.04. The number of carbonyl (C=O) groups is 1. The molecule has 0 heterocycles. The first kappa shape index (κ1) is 15.1. The van der Waals surface area contributed by atoms with Crippen molar-refractivity contribution in [3.63, 3.8) is 0 Å². The molecule has 0 radical (unpaired) electrons. The zero-order valence-corrected chi connectivity index (χ0v) is 11.4. The molecule has 0 atom stereocenters. The van der Waals surface area contributed by atoms with E-state index in [0.717, 1.165) is 6.26 Å². The van der Waals surface area contributed by atoms with E-state index < -0.39 is 20.7 Å². The van der Waals surface area contributed by atoms with E-state index in [9.17, 15) is 23.3 Å². The fraction of sp³-hybridized carbons (Fsp3) is 0.364. The quantitative estimate of drug-likeness (QED) is 0.648. The summed E-state index contributed by atoms with van der Waals surface area (Å²) in [6.45, 7) is 1.59. The van der Waals surface area contributed by atoms with Crippen molar-refractivity contribution in [3.8, 4) is 0 Å². The number of nitrogens with one attached hydrogen (secondary N) is 1. The normalized spacial score (nSPS) is 11.1.